The molecule has 2 aromatic rings. The van der Waals surface area contributed by atoms with Crippen molar-refractivity contribution in [1.82, 2.24) is 4.90 Å². The number of carboxylic acid groups (broad SMARTS) is 1. The minimum atomic E-state index is -1.13. The molecular formula is C21H19NO7. The summed E-state index contributed by atoms with van der Waals surface area (Å²) in [6.45, 7) is -0.223. The molecule has 3 rings (SSSR count). The summed E-state index contributed by atoms with van der Waals surface area (Å²) < 4.78 is 5.10. The third-order valence-corrected chi connectivity index (χ3v) is 4.67. The van der Waals surface area contributed by atoms with Crippen molar-refractivity contribution in [3.05, 3.63) is 65.2 Å². The Morgan fingerprint density at radius 3 is 2.41 bits per heavy atom. The van der Waals surface area contributed by atoms with Gasteiger partial charge in [0.05, 0.1) is 25.1 Å². The summed E-state index contributed by atoms with van der Waals surface area (Å²) in [6.07, 6.45) is -0.371. The summed E-state index contributed by atoms with van der Waals surface area (Å²) >= 11 is 0. The van der Waals surface area contributed by atoms with Crippen LogP contribution in [0.5, 0.6) is 11.5 Å². The fourth-order valence-electron chi connectivity index (χ4n) is 3.29. The van der Waals surface area contributed by atoms with E-state index in [-0.39, 0.29) is 35.8 Å². The van der Waals surface area contributed by atoms with Crippen molar-refractivity contribution in [3.63, 3.8) is 0 Å². The van der Waals surface area contributed by atoms with E-state index in [9.17, 15) is 24.6 Å². The number of aliphatic hydroxyl groups is 1. The molecule has 3 N–H and O–H groups in total. The number of nitrogens with zero attached hydrogens (tertiary/aromatic N) is 1. The van der Waals surface area contributed by atoms with E-state index in [4.69, 9.17) is 9.84 Å². The van der Waals surface area contributed by atoms with Crippen LogP contribution in [0.4, 0.5) is 0 Å². The molecule has 0 aliphatic carbocycles. The molecule has 1 heterocycles. The first kappa shape index (κ1) is 19.9. The zero-order valence-corrected chi connectivity index (χ0v) is 15.5. The number of Topliss-reactive ketones (excluding diaryl/α,β-unsaturated/α-hetero) is 1. The monoisotopic (exact) mass is 397 g/mol. The first-order valence-electron chi connectivity index (χ1n) is 8.77. The molecule has 1 fully saturated rings. The lowest BCUT2D eigenvalue weighted by Gasteiger charge is -2.25. The maximum atomic E-state index is 12.7. The van der Waals surface area contributed by atoms with Gasteiger partial charge in [0.25, 0.3) is 11.7 Å². The Morgan fingerprint density at radius 1 is 1.10 bits per heavy atom. The van der Waals surface area contributed by atoms with Crippen LogP contribution in [0.2, 0.25) is 0 Å². The minimum Gasteiger partial charge on any atom is -0.507 e. The molecule has 0 saturated carbocycles. The molecule has 0 spiro atoms. The molecule has 2 aromatic carbocycles. The van der Waals surface area contributed by atoms with E-state index in [0.717, 1.165) is 4.90 Å². The number of aromatic hydroxyl groups is 1. The van der Waals surface area contributed by atoms with E-state index < -0.39 is 23.7 Å². The number of likely N-dealkylation sites (tertiary alicyclic amines) is 1. The maximum Gasteiger partial charge on any atom is 0.305 e. The van der Waals surface area contributed by atoms with Gasteiger partial charge in [-0.1, -0.05) is 36.4 Å². The van der Waals surface area contributed by atoms with Crippen molar-refractivity contribution in [2.24, 2.45) is 0 Å². The van der Waals surface area contributed by atoms with E-state index in [0.29, 0.717) is 11.1 Å². The van der Waals surface area contributed by atoms with Gasteiger partial charge in [-0.3, -0.25) is 14.4 Å². The summed E-state index contributed by atoms with van der Waals surface area (Å²) in [5.74, 6) is -3.32. The Kier molecular flexibility index (Phi) is 5.54. The van der Waals surface area contributed by atoms with Crippen LogP contribution in [0.25, 0.3) is 5.76 Å². The Balaban J connectivity index is 2.18. The second-order valence-corrected chi connectivity index (χ2v) is 6.43. The van der Waals surface area contributed by atoms with Gasteiger partial charge in [-0.15, -0.1) is 0 Å². The van der Waals surface area contributed by atoms with Crippen LogP contribution in [-0.4, -0.2) is 51.5 Å². The normalized spacial score (nSPS) is 18.1. The molecular weight excluding hydrogens is 378 g/mol. The molecule has 0 aromatic heterocycles. The topological polar surface area (TPSA) is 124 Å². The van der Waals surface area contributed by atoms with Crippen molar-refractivity contribution >= 4 is 23.4 Å². The molecule has 8 nitrogen and oxygen atoms in total. The van der Waals surface area contributed by atoms with Gasteiger partial charge in [-0.25, -0.2) is 0 Å². The number of aliphatic carboxylic acids is 1. The highest BCUT2D eigenvalue weighted by Gasteiger charge is 2.46. The lowest BCUT2D eigenvalue weighted by atomic mass is 9.95. The third-order valence-electron chi connectivity index (χ3n) is 4.67. The SMILES string of the molecule is COc1cc(C2C(=C(O)c3ccccc3)C(=O)C(=O)N2CCC(=O)O)ccc1O. The number of phenols is 1. The Labute approximate surface area is 166 Å². The summed E-state index contributed by atoms with van der Waals surface area (Å²) in [4.78, 5) is 37.5. The lowest BCUT2D eigenvalue weighted by molar-refractivity contribution is -0.142. The number of ether oxygens (including phenoxy) is 1. The van der Waals surface area contributed by atoms with Crippen molar-refractivity contribution < 1.29 is 34.4 Å². The number of phenolic OH excluding ortho intramolecular Hbond substituents is 1. The van der Waals surface area contributed by atoms with Gasteiger partial charge in [-0.05, 0) is 17.7 Å². The number of hydrogen-bond donors (Lipinski definition) is 3. The second-order valence-electron chi connectivity index (χ2n) is 6.43. The fraction of sp³-hybridized carbons (Fsp3) is 0.190. The van der Waals surface area contributed by atoms with E-state index in [1.165, 1.54) is 25.3 Å². The molecule has 0 radical (unpaired) electrons. The molecule has 1 saturated heterocycles. The van der Waals surface area contributed by atoms with Crippen LogP contribution in [0.1, 0.15) is 23.6 Å². The highest BCUT2D eigenvalue weighted by Crippen LogP contribution is 2.41. The minimum absolute atomic E-state index is 0.117. The van der Waals surface area contributed by atoms with Gasteiger partial charge >= 0.3 is 5.97 Å². The van der Waals surface area contributed by atoms with E-state index in [1.807, 2.05) is 0 Å². The highest BCUT2D eigenvalue weighted by molar-refractivity contribution is 6.46. The van der Waals surface area contributed by atoms with Gasteiger partial charge in [0.2, 0.25) is 0 Å². The van der Waals surface area contributed by atoms with Crippen molar-refractivity contribution in [2.45, 2.75) is 12.5 Å². The van der Waals surface area contributed by atoms with Gasteiger partial charge in [-0.2, -0.15) is 0 Å². The van der Waals surface area contributed by atoms with E-state index >= 15 is 0 Å². The smallest absolute Gasteiger partial charge is 0.305 e. The molecule has 1 atom stereocenters. The number of carbonyl (C=O) groups excluding carboxylic acids is 2. The number of amides is 1. The standard InChI is InChI=1S/C21H19NO7/c1-29-15-11-13(7-8-14(15)23)18-17(19(26)12-5-3-2-4-6-12)20(27)21(28)22(18)10-9-16(24)25/h2-8,11,18,23,26H,9-10H2,1H3,(H,24,25). The predicted octanol–water partition coefficient (Wildman–Crippen LogP) is 2.30. The van der Waals surface area contributed by atoms with Crippen LogP contribution in [0, 0.1) is 0 Å². The second kappa shape index (κ2) is 8.05. The summed E-state index contributed by atoms with van der Waals surface area (Å²) in [7, 11) is 1.35. The van der Waals surface area contributed by atoms with Crippen molar-refractivity contribution in [3.8, 4) is 11.5 Å². The molecule has 1 aliphatic heterocycles. The van der Waals surface area contributed by atoms with Crippen LogP contribution in [0.3, 0.4) is 0 Å². The third kappa shape index (κ3) is 3.77. The van der Waals surface area contributed by atoms with Crippen molar-refractivity contribution in [2.75, 3.05) is 13.7 Å². The molecule has 29 heavy (non-hydrogen) atoms. The molecule has 150 valence electrons. The number of carbonyl (C=O) groups is 3. The van der Waals surface area contributed by atoms with E-state index in [2.05, 4.69) is 0 Å². The Bertz CT molecular complexity index is 997. The van der Waals surface area contributed by atoms with Gasteiger partial charge in [0.15, 0.2) is 11.5 Å². The molecule has 1 amide bonds. The number of ketones is 1. The average molecular weight is 397 g/mol. The van der Waals surface area contributed by atoms with E-state index in [1.54, 1.807) is 30.3 Å². The van der Waals surface area contributed by atoms with Crippen LogP contribution < -0.4 is 4.74 Å². The fourth-order valence-corrected chi connectivity index (χ4v) is 3.29. The molecule has 0 bridgehead atoms. The van der Waals surface area contributed by atoms with Crippen LogP contribution >= 0.6 is 0 Å². The molecule has 1 unspecified atom stereocenters. The first-order chi connectivity index (χ1) is 13.8. The van der Waals surface area contributed by atoms with Gasteiger partial charge in [0, 0.05) is 12.1 Å². The summed E-state index contributed by atoms with van der Waals surface area (Å²) in [5.41, 5.74) is 0.584. The van der Waals surface area contributed by atoms with Gasteiger partial charge < -0.3 is 25.0 Å². The average Bonchev–Trinajstić information content (AvgIpc) is 2.97. The number of hydrogen-bond acceptors (Lipinski definition) is 6. The first-order valence-corrected chi connectivity index (χ1v) is 8.77. The quantitative estimate of drug-likeness (QED) is 0.388. The molecule has 8 heteroatoms. The lowest BCUT2D eigenvalue weighted by Crippen LogP contribution is -2.31. The largest absolute Gasteiger partial charge is 0.507 e. The van der Waals surface area contributed by atoms with Gasteiger partial charge in [0.1, 0.15) is 5.76 Å². The number of carboxylic acids is 1. The van der Waals surface area contributed by atoms with Crippen molar-refractivity contribution in [1.29, 1.82) is 0 Å². The zero-order chi connectivity index (χ0) is 21.1. The number of benzene rings is 2. The zero-order valence-electron chi connectivity index (χ0n) is 15.5. The Hall–Kier alpha value is -3.81. The van der Waals surface area contributed by atoms with Crippen LogP contribution in [0.15, 0.2) is 54.1 Å². The number of aliphatic hydroxyl groups excluding tert-OH is 1. The number of rotatable bonds is 6. The predicted molar refractivity (Wildman–Crippen MR) is 102 cm³/mol. The molecule has 1 aliphatic rings. The summed E-state index contributed by atoms with van der Waals surface area (Å²) in [5, 5.41) is 29.7. The number of methoxy groups -OCH3 is 1. The maximum absolute atomic E-state index is 12.7. The highest BCUT2D eigenvalue weighted by atomic mass is 16.5. The summed E-state index contributed by atoms with van der Waals surface area (Å²) in [6, 6.07) is 11.5. The Morgan fingerprint density at radius 2 is 1.79 bits per heavy atom. The van der Waals surface area contributed by atoms with Crippen LogP contribution in [-0.2, 0) is 14.4 Å².